The number of aromatic nitrogens is 1. The first-order valence-electron chi connectivity index (χ1n) is 3.45. The molecular weight excluding hydrogens is 174 g/mol. The summed E-state index contributed by atoms with van der Waals surface area (Å²) in [6.07, 6.45) is 1.68. The molecule has 0 saturated carbocycles. The molecule has 0 spiro atoms. The van der Waals surface area contributed by atoms with Crippen molar-refractivity contribution in [3.8, 4) is 11.8 Å². The molecule has 3 heteroatoms. The molecule has 1 aromatic heterocycles. The van der Waals surface area contributed by atoms with Gasteiger partial charge in [-0.1, -0.05) is 11.8 Å². The van der Waals surface area contributed by atoms with Gasteiger partial charge in [0.05, 0.1) is 5.88 Å². The molecule has 1 aromatic rings. The predicted molar refractivity (Wildman–Crippen MR) is 49.3 cm³/mol. The van der Waals surface area contributed by atoms with Gasteiger partial charge in [-0.25, -0.2) is 0 Å². The molecule has 0 amide bonds. The minimum Gasteiger partial charge on any atom is -0.319 e. The van der Waals surface area contributed by atoms with Gasteiger partial charge in [0.1, 0.15) is 0 Å². The van der Waals surface area contributed by atoms with E-state index in [-0.39, 0.29) is 11.4 Å². The Morgan fingerprint density at radius 1 is 1.67 bits per heavy atom. The zero-order valence-corrected chi connectivity index (χ0v) is 7.43. The Hall–Kier alpha value is -1.20. The number of hydrogen-bond donors (Lipinski definition) is 0. The van der Waals surface area contributed by atoms with E-state index in [1.54, 1.807) is 19.3 Å². The van der Waals surface area contributed by atoms with E-state index >= 15 is 0 Å². The molecule has 0 N–H and O–H groups in total. The Morgan fingerprint density at radius 3 is 3.00 bits per heavy atom. The number of alkyl halides is 1. The summed E-state index contributed by atoms with van der Waals surface area (Å²) >= 11 is 5.37. The SMILES string of the molecule is Cn1ccc(C#CCCl)cc1=O. The summed E-state index contributed by atoms with van der Waals surface area (Å²) in [4.78, 5) is 11.1. The molecule has 62 valence electrons. The van der Waals surface area contributed by atoms with Crippen LogP contribution in [0.5, 0.6) is 0 Å². The van der Waals surface area contributed by atoms with E-state index in [0.717, 1.165) is 0 Å². The van der Waals surface area contributed by atoms with Gasteiger partial charge in [0.25, 0.3) is 5.56 Å². The van der Waals surface area contributed by atoms with E-state index in [1.165, 1.54) is 10.6 Å². The number of aryl methyl sites for hydroxylation is 1. The Balaban J connectivity index is 3.06. The minimum absolute atomic E-state index is 0.0589. The van der Waals surface area contributed by atoms with Crippen LogP contribution in [0.25, 0.3) is 0 Å². The predicted octanol–water partition coefficient (Wildman–Crippen LogP) is 0.976. The molecule has 0 aliphatic carbocycles. The van der Waals surface area contributed by atoms with Gasteiger partial charge < -0.3 is 4.57 Å². The van der Waals surface area contributed by atoms with Crippen molar-refractivity contribution in [1.82, 2.24) is 4.57 Å². The van der Waals surface area contributed by atoms with Crippen LogP contribution < -0.4 is 5.56 Å². The number of halogens is 1. The molecule has 0 aliphatic heterocycles. The molecule has 0 atom stereocenters. The van der Waals surface area contributed by atoms with Crippen LogP contribution in [0.2, 0.25) is 0 Å². The number of pyridine rings is 1. The summed E-state index contributed by atoms with van der Waals surface area (Å²) < 4.78 is 1.49. The zero-order valence-electron chi connectivity index (χ0n) is 6.67. The first kappa shape index (κ1) is 8.89. The van der Waals surface area contributed by atoms with Crippen LogP contribution in [0, 0.1) is 11.8 Å². The Morgan fingerprint density at radius 2 is 2.42 bits per heavy atom. The Bertz CT molecular complexity index is 383. The highest BCUT2D eigenvalue weighted by Crippen LogP contribution is 1.90. The van der Waals surface area contributed by atoms with Gasteiger partial charge in [0.15, 0.2) is 0 Å². The summed E-state index contributed by atoms with van der Waals surface area (Å²) in [7, 11) is 1.70. The molecule has 0 aromatic carbocycles. The monoisotopic (exact) mass is 181 g/mol. The summed E-state index contributed by atoms with van der Waals surface area (Å²) in [5.74, 6) is 5.73. The van der Waals surface area contributed by atoms with Crippen LogP contribution in [0.1, 0.15) is 5.56 Å². The Kier molecular flexibility index (Phi) is 2.95. The molecule has 12 heavy (non-hydrogen) atoms. The van der Waals surface area contributed by atoms with Crippen LogP contribution in [-0.4, -0.2) is 10.4 Å². The van der Waals surface area contributed by atoms with E-state index < -0.39 is 0 Å². The van der Waals surface area contributed by atoms with Crippen LogP contribution in [0.15, 0.2) is 23.1 Å². The van der Waals surface area contributed by atoms with E-state index in [4.69, 9.17) is 11.6 Å². The fourth-order valence-corrected chi connectivity index (χ4v) is 0.829. The summed E-state index contributed by atoms with van der Waals surface area (Å²) in [5, 5.41) is 0. The second-order valence-electron chi connectivity index (χ2n) is 2.30. The quantitative estimate of drug-likeness (QED) is 0.432. The van der Waals surface area contributed by atoms with Gasteiger partial charge in [-0.3, -0.25) is 4.79 Å². The van der Waals surface area contributed by atoms with Crippen molar-refractivity contribution in [1.29, 1.82) is 0 Å². The van der Waals surface area contributed by atoms with Gasteiger partial charge in [-0.15, -0.1) is 11.6 Å². The lowest BCUT2D eigenvalue weighted by molar-refractivity contribution is 0.859. The van der Waals surface area contributed by atoms with Crippen molar-refractivity contribution in [2.24, 2.45) is 7.05 Å². The molecule has 1 heterocycles. The van der Waals surface area contributed by atoms with Crippen LogP contribution in [0.3, 0.4) is 0 Å². The van der Waals surface area contributed by atoms with Gasteiger partial charge >= 0.3 is 0 Å². The first-order chi connectivity index (χ1) is 5.74. The highest BCUT2D eigenvalue weighted by atomic mass is 35.5. The fraction of sp³-hybridized carbons (Fsp3) is 0.222. The van der Waals surface area contributed by atoms with Crippen molar-refractivity contribution < 1.29 is 0 Å². The summed E-state index contributed by atoms with van der Waals surface area (Å²) in [5.41, 5.74) is 0.648. The van der Waals surface area contributed by atoms with Gasteiger partial charge in [0, 0.05) is 24.9 Å². The third-order valence-corrected chi connectivity index (χ3v) is 1.54. The lowest BCUT2D eigenvalue weighted by atomic mass is 10.3. The average Bonchev–Trinajstić information content (AvgIpc) is 2.07. The molecule has 0 bridgehead atoms. The molecule has 0 unspecified atom stereocenters. The normalized spacial score (nSPS) is 8.83. The molecular formula is C9H8ClNO. The molecule has 0 fully saturated rings. The molecule has 0 radical (unpaired) electrons. The maximum atomic E-state index is 11.1. The topological polar surface area (TPSA) is 22.0 Å². The summed E-state index contributed by atoms with van der Waals surface area (Å²) in [6.45, 7) is 0. The van der Waals surface area contributed by atoms with Crippen LogP contribution in [0.4, 0.5) is 0 Å². The van der Waals surface area contributed by atoms with E-state index in [1.807, 2.05) is 0 Å². The first-order valence-corrected chi connectivity index (χ1v) is 3.99. The van der Waals surface area contributed by atoms with Gasteiger partial charge in [-0.05, 0) is 6.07 Å². The van der Waals surface area contributed by atoms with Crippen LogP contribution >= 0.6 is 11.6 Å². The van der Waals surface area contributed by atoms with E-state index in [2.05, 4.69) is 11.8 Å². The third-order valence-electron chi connectivity index (χ3n) is 1.40. The lowest BCUT2D eigenvalue weighted by Gasteiger charge is -1.94. The maximum Gasteiger partial charge on any atom is 0.251 e. The number of nitrogens with zero attached hydrogens (tertiary/aromatic N) is 1. The second-order valence-corrected chi connectivity index (χ2v) is 2.57. The maximum absolute atomic E-state index is 11.1. The van der Waals surface area contributed by atoms with E-state index in [0.29, 0.717) is 5.56 Å². The highest BCUT2D eigenvalue weighted by Gasteiger charge is 1.89. The van der Waals surface area contributed by atoms with Crippen molar-refractivity contribution in [3.63, 3.8) is 0 Å². The molecule has 0 aliphatic rings. The average molecular weight is 182 g/mol. The van der Waals surface area contributed by atoms with Gasteiger partial charge in [0.2, 0.25) is 0 Å². The standard InChI is InChI=1S/C9H8ClNO/c1-11-6-4-8(3-2-5-10)7-9(11)12/h4,6-7H,5H2,1H3. The number of hydrogen-bond acceptors (Lipinski definition) is 1. The van der Waals surface area contributed by atoms with Crippen LogP contribution in [-0.2, 0) is 7.05 Å². The minimum atomic E-state index is -0.0589. The number of rotatable bonds is 0. The van der Waals surface area contributed by atoms with E-state index in [9.17, 15) is 4.79 Å². The van der Waals surface area contributed by atoms with Crippen molar-refractivity contribution >= 4 is 11.6 Å². The fourth-order valence-electron chi connectivity index (χ4n) is 0.762. The van der Waals surface area contributed by atoms with Crippen molar-refractivity contribution in [3.05, 3.63) is 34.2 Å². The van der Waals surface area contributed by atoms with Gasteiger partial charge in [-0.2, -0.15) is 0 Å². The van der Waals surface area contributed by atoms with Crippen molar-refractivity contribution in [2.45, 2.75) is 0 Å². The molecule has 0 saturated heterocycles. The second kappa shape index (κ2) is 3.99. The third kappa shape index (κ3) is 2.14. The highest BCUT2D eigenvalue weighted by molar-refractivity contribution is 6.19. The smallest absolute Gasteiger partial charge is 0.251 e. The Labute approximate surface area is 75.8 Å². The molecule has 2 nitrogen and oxygen atoms in total. The largest absolute Gasteiger partial charge is 0.319 e. The zero-order chi connectivity index (χ0) is 8.97. The molecule has 1 rings (SSSR count). The lowest BCUT2D eigenvalue weighted by Crippen LogP contribution is -2.14. The van der Waals surface area contributed by atoms with Crippen molar-refractivity contribution in [2.75, 3.05) is 5.88 Å². The summed E-state index contributed by atoms with van der Waals surface area (Å²) in [6, 6.07) is 3.26.